The third-order valence-electron chi connectivity index (χ3n) is 2.43. The number of nitrogens with zero attached hydrogens (tertiary/aromatic N) is 5. The molecule has 1 heterocycles. The predicted molar refractivity (Wildman–Crippen MR) is 69.3 cm³/mol. The molecule has 0 bridgehead atoms. The van der Waals surface area contributed by atoms with Crippen LogP contribution in [0.3, 0.4) is 0 Å². The average Bonchev–Trinajstić information content (AvgIpc) is 2.44. The van der Waals surface area contributed by atoms with Crippen LogP contribution in [-0.2, 0) is 7.05 Å². The van der Waals surface area contributed by atoms with Crippen LogP contribution in [0.1, 0.15) is 0 Å². The van der Waals surface area contributed by atoms with Crippen molar-refractivity contribution >= 4 is 22.3 Å². The van der Waals surface area contributed by atoms with E-state index in [1.165, 1.54) is 10.9 Å². The van der Waals surface area contributed by atoms with Crippen molar-refractivity contribution in [1.29, 1.82) is 10.5 Å². The molecular weight excluding hydrogens is 244 g/mol. The van der Waals surface area contributed by atoms with Crippen molar-refractivity contribution in [3.05, 3.63) is 34.9 Å². The first-order chi connectivity index (χ1) is 9.15. The summed E-state index contributed by atoms with van der Waals surface area (Å²) in [5, 5.41) is 21.1. The average molecular weight is 252 g/mol. The van der Waals surface area contributed by atoms with Crippen LogP contribution in [-0.4, -0.2) is 15.3 Å². The van der Waals surface area contributed by atoms with Gasteiger partial charge in [-0.2, -0.15) is 15.6 Å². The summed E-state index contributed by atoms with van der Waals surface area (Å²) < 4.78 is 1.37. The van der Waals surface area contributed by atoms with Crippen LogP contribution in [0.25, 0.3) is 10.9 Å². The zero-order valence-corrected chi connectivity index (χ0v) is 9.95. The SMILES string of the molecule is Cn1cnc2ccc(NN=C(C#N)C#N)cc2c1=O. The second-order valence-corrected chi connectivity index (χ2v) is 3.69. The van der Waals surface area contributed by atoms with Crippen LogP contribution in [0, 0.1) is 22.7 Å². The van der Waals surface area contributed by atoms with Gasteiger partial charge in [-0.3, -0.25) is 10.2 Å². The highest BCUT2D eigenvalue weighted by Crippen LogP contribution is 2.14. The summed E-state index contributed by atoms with van der Waals surface area (Å²) in [6.45, 7) is 0. The van der Waals surface area contributed by atoms with Crippen LogP contribution in [0.5, 0.6) is 0 Å². The molecule has 2 aromatic rings. The Balaban J connectivity index is 2.46. The molecule has 1 aromatic carbocycles. The summed E-state index contributed by atoms with van der Waals surface area (Å²) in [5.41, 5.74) is 3.15. The number of aryl methyl sites for hydroxylation is 1. The third-order valence-corrected chi connectivity index (χ3v) is 2.43. The Morgan fingerprint density at radius 3 is 2.84 bits per heavy atom. The van der Waals surface area contributed by atoms with E-state index in [1.54, 1.807) is 37.4 Å². The second kappa shape index (κ2) is 4.98. The van der Waals surface area contributed by atoms with Crippen molar-refractivity contribution in [3.63, 3.8) is 0 Å². The molecule has 7 heteroatoms. The van der Waals surface area contributed by atoms with Gasteiger partial charge in [0.05, 0.1) is 22.9 Å². The zero-order valence-electron chi connectivity index (χ0n) is 9.95. The van der Waals surface area contributed by atoms with Crippen LogP contribution in [0.2, 0.25) is 0 Å². The van der Waals surface area contributed by atoms with E-state index in [9.17, 15) is 4.79 Å². The number of fused-ring (bicyclic) bond motifs is 1. The second-order valence-electron chi connectivity index (χ2n) is 3.69. The summed E-state index contributed by atoms with van der Waals surface area (Å²) in [6, 6.07) is 8.14. The van der Waals surface area contributed by atoms with Crippen molar-refractivity contribution in [3.8, 4) is 12.1 Å². The van der Waals surface area contributed by atoms with Crippen LogP contribution < -0.4 is 11.0 Å². The lowest BCUT2D eigenvalue weighted by molar-refractivity contribution is 0.843. The number of aromatic nitrogens is 2. The fourth-order valence-corrected chi connectivity index (χ4v) is 1.48. The molecule has 0 spiro atoms. The molecule has 1 N–H and O–H groups in total. The molecule has 2 rings (SSSR count). The van der Waals surface area contributed by atoms with E-state index in [1.807, 2.05) is 0 Å². The van der Waals surface area contributed by atoms with Gasteiger partial charge in [0.15, 0.2) is 0 Å². The summed E-state index contributed by atoms with van der Waals surface area (Å²) in [6.07, 6.45) is 1.44. The van der Waals surface area contributed by atoms with Crippen molar-refractivity contribution in [1.82, 2.24) is 9.55 Å². The Bertz CT molecular complexity index is 790. The number of nitrogens with one attached hydrogen (secondary N) is 1. The zero-order chi connectivity index (χ0) is 13.8. The molecule has 0 aliphatic rings. The number of hydrogen-bond donors (Lipinski definition) is 1. The first-order valence-corrected chi connectivity index (χ1v) is 5.25. The largest absolute Gasteiger partial charge is 0.302 e. The smallest absolute Gasteiger partial charge is 0.260 e. The number of hydrazone groups is 1. The van der Waals surface area contributed by atoms with Gasteiger partial charge in [-0.25, -0.2) is 4.98 Å². The van der Waals surface area contributed by atoms with Gasteiger partial charge < -0.3 is 4.57 Å². The summed E-state index contributed by atoms with van der Waals surface area (Å²) in [7, 11) is 1.61. The van der Waals surface area contributed by atoms with Gasteiger partial charge in [0.1, 0.15) is 12.1 Å². The van der Waals surface area contributed by atoms with Crippen molar-refractivity contribution in [2.24, 2.45) is 12.1 Å². The maximum absolute atomic E-state index is 11.9. The molecule has 0 radical (unpaired) electrons. The van der Waals surface area contributed by atoms with E-state index in [4.69, 9.17) is 10.5 Å². The Morgan fingerprint density at radius 2 is 2.16 bits per heavy atom. The molecule has 0 amide bonds. The third kappa shape index (κ3) is 2.40. The molecule has 0 aliphatic heterocycles. The summed E-state index contributed by atoms with van der Waals surface area (Å²) in [4.78, 5) is 16.0. The number of rotatable bonds is 2. The molecular formula is C12H8N6O. The molecule has 0 saturated carbocycles. The number of hydrogen-bond acceptors (Lipinski definition) is 6. The minimum atomic E-state index is -0.292. The molecule has 0 atom stereocenters. The van der Waals surface area contributed by atoms with E-state index < -0.39 is 0 Å². The highest BCUT2D eigenvalue weighted by Gasteiger charge is 2.03. The molecule has 7 nitrogen and oxygen atoms in total. The molecule has 0 unspecified atom stereocenters. The Kier molecular flexibility index (Phi) is 3.22. The quantitative estimate of drug-likeness (QED) is 0.626. The predicted octanol–water partition coefficient (Wildman–Crippen LogP) is 0.749. The Labute approximate surface area is 108 Å². The van der Waals surface area contributed by atoms with Gasteiger partial charge in [0.2, 0.25) is 5.71 Å². The van der Waals surface area contributed by atoms with Gasteiger partial charge in [0.25, 0.3) is 5.56 Å². The van der Waals surface area contributed by atoms with Crippen LogP contribution >= 0.6 is 0 Å². The minimum absolute atomic E-state index is 0.182. The lowest BCUT2D eigenvalue weighted by Gasteiger charge is -2.03. The normalized spacial score (nSPS) is 9.42. The molecule has 19 heavy (non-hydrogen) atoms. The van der Waals surface area contributed by atoms with Gasteiger partial charge >= 0.3 is 0 Å². The van der Waals surface area contributed by atoms with E-state index in [0.29, 0.717) is 16.6 Å². The maximum atomic E-state index is 11.9. The van der Waals surface area contributed by atoms with E-state index in [0.717, 1.165) is 0 Å². The highest BCUT2D eigenvalue weighted by atomic mass is 16.1. The number of nitriles is 2. The molecule has 1 aromatic heterocycles. The summed E-state index contributed by atoms with van der Waals surface area (Å²) >= 11 is 0. The minimum Gasteiger partial charge on any atom is -0.302 e. The first-order valence-electron chi connectivity index (χ1n) is 5.25. The van der Waals surface area contributed by atoms with Crippen LogP contribution in [0.15, 0.2) is 34.4 Å². The van der Waals surface area contributed by atoms with Gasteiger partial charge in [-0.05, 0) is 18.2 Å². The van der Waals surface area contributed by atoms with E-state index in [2.05, 4.69) is 15.5 Å². The topological polar surface area (TPSA) is 107 Å². The van der Waals surface area contributed by atoms with Crippen molar-refractivity contribution < 1.29 is 0 Å². The van der Waals surface area contributed by atoms with Crippen molar-refractivity contribution in [2.45, 2.75) is 0 Å². The molecule has 0 saturated heterocycles. The fraction of sp³-hybridized carbons (Fsp3) is 0.0833. The Morgan fingerprint density at radius 1 is 1.42 bits per heavy atom. The van der Waals surface area contributed by atoms with Crippen molar-refractivity contribution in [2.75, 3.05) is 5.43 Å². The maximum Gasteiger partial charge on any atom is 0.260 e. The van der Waals surface area contributed by atoms with Gasteiger partial charge in [0, 0.05) is 7.05 Å². The number of anilines is 1. The van der Waals surface area contributed by atoms with E-state index in [-0.39, 0.29) is 11.3 Å². The lowest BCUT2D eigenvalue weighted by Crippen LogP contribution is -2.16. The molecule has 0 aliphatic carbocycles. The Hall–Kier alpha value is -3.19. The van der Waals surface area contributed by atoms with Gasteiger partial charge in [-0.1, -0.05) is 0 Å². The van der Waals surface area contributed by atoms with Crippen LogP contribution in [0.4, 0.5) is 5.69 Å². The monoisotopic (exact) mass is 252 g/mol. The highest BCUT2D eigenvalue weighted by molar-refractivity contribution is 6.10. The first kappa shape index (κ1) is 12.3. The molecule has 0 fully saturated rings. The lowest BCUT2D eigenvalue weighted by atomic mass is 10.2. The van der Waals surface area contributed by atoms with E-state index >= 15 is 0 Å². The standard InChI is InChI=1S/C12H8N6O/c1-18-7-15-11-3-2-8(4-10(11)12(18)19)16-17-9(5-13)6-14/h2-4,7,16H,1H3. The van der Waals surface area contributed by atoms with Gasteiger partial charge in [-0.15, -0.1) is 0 Å². The number of benzene rings is 1. The summed E-state index contributed by atoms with van der Waals surface area (Å²) in [5.74, 6) is 0. The fourth-order valence-electron chi connectivity index (χ4n) is 1.48. The molecule has 92 valence electrons.